The topological polar surface area (TPSA) is 307 Å². The molecule has 3 saturated heterocycles. The van der Waals surface area contributed by atoms with E-state index >= 15 is 0 Å². The second-order valence-corrected chi connectivity index (χ2v) is 23.6. The molecule has 17 unspecified atom stereocenters. The summed E-state index contributed by atoms with van der Waals surface area (Å²) in [5, 5.41) is 120. The van der Waals surface area contributed by atoms with Gasteiger partial charge in [0, 0.05) is 6.42 Å². The zero-order valence-electron chi connectivity index (χ0n) is 50.0. The van der Waals surface area contributed by atoms with Crippen LogP contribution in [0.2, 0.25) is 0 Å². The summed E-state index contributed by atoms with van der Waals surface area (Å²) in [5.74, 6) is -0.272. The summed E-state index contributed by atoms with van der Waals surface area (Å²) in [6.45, 7) is 1.75. The molecule has 0 bridgehead atoms. The molecule has 12 N–H and O–H groups in total. The van der Waals surface area contributed by atoms with Crippen molar-refractivity contribution in [3.05, 3.63) is 12.2 Å². The van der Waals surface area contributed by atoms with E-state index in [9.17, 15) is 61.0 Å². The highest BCUT2D eigenvalue weighted by Gasteiger charge is 2.53. The zero-order chi connectivity index (χ0) is 59.0. The number of unbranched alkanes of at least 4 members (excludes halogenated alkanes) is 33. The zero-order valence-corrected chi connectivity index (χ0v) is 50.0. The van der Waals surface area contributed by atoms with E-state index in [2.05, 4.69) is 19.2 Å². The quantitative estimate of drug-likeness (QED) is 0.0217. The molecular formula is C62H117NO18. The van der Waals surface area contributed by atoms with Gasteiger partial charge in [0.1, 0.15) is 73.2 Å². The number of carbonyl (C=O) groups excluding carboxylic acids is 1. The average Bonchev–Trinajstić information content (AvgIpc) is 3.46. The molecule has 3 aliphatic rings. The van der Waals surface area contributed by atoms with Gasteiger partial charge in [-0.1, -0.05) is 231 Å². The Morgan fingerprint density at radius 2 is 0.765 bits per heavy atom. The van der Waals surface area contributed by atoms with Gasteiger partial charge in [-0.15, -0.1) is 0 Å². The van der Waals surface area contributed by atoms with E-state index in [4.69, 9.17) is 28.4 Å². The monoisotopic (exact) mass is 1160 g/mol. The molecule has 19 heteroatoms. The molecule has 0 spiro atoms. The lowest BCUT2D eigenvalue weighted by molar-refractivity contribution is -0.379. The lowest BCUT2D eigenvalue weighted by Gasteiger charge is -2.48. The van der Waals surface area contributed by atoms with Crippen molar-refractivity contribution in [1.29, 1.82) is 0 Å². The molecule has 81 heavy (non-hydrogen) atoms. The largest absolute Gasteiger partial charge is 0.394 e. The Bertz CT molecular complexity index is 1530. The molecule has 3 heterocycles. The number of rotatable bonds is 49. The summed E-state index contributed by atoms with van der Waals surface area (Å²) in [7, 11) is 0. The van der Waals surface area contributed by atoms with Crippen molar-refractivity contribution in [3.63, 3.8) is 0 Å². The molecule has 478 valence electrons. The Balaban J connectivity index is 1.47. The van der Waals surface area contributed by atoms with Gasteiger partial charge in [0.15, 0.2) is 18.9 Å². The second kappa shape index (κ2) is 45.8. The molecule has 0 aromatic carbocycles. The highest BCUT2D eigenvalue weighted by molar-refractivity contribution is 5.76. The van der Waals surface area contributed by atoms with Crippen LogP contribution in [-0.2, 0) is 33.2 Å². The lowest BCUT2D eigenvalue weighted by Crippen LogP contribution is -2.66. The van der Waals surface area contributed by atoms with Crippen molar-refractivity contribution in [3.8, 4) is 0 Å². The number of hydrogen-bond acceptors (Lipinski definition) is 18. The molecule has 0 radical (unpaired) electrons. The van der Waals surface area contributed by atoms with Crippen LogP contribution in [0.4, 0.5) is 0 Å². The molecule has 3 fully saturated rings. The lowest BCUT2D eigenvalue weighted by atomic mass is 9.96. The van der Waals surface area contributed by atoms with Crippen molar-refractivity contribution in [2.75, 3.05) is 26.4 Å². The van der Waals surface area contributed by atoms with E-state index in [1.54, 1.807) is 6.08 Å². The van der Waals surface area contributed by atoms with Crippen molar-refractivity contribution < 1.29 is 89.4 Å². The number of allylic oxidation sites excluding steroid dienone is 1. The fourth-order valence-corrected chi connectivity index (χ4v) is 11.3. The summed E-state index contributed by atoms with van der Waals surface area (Å²) in [6, 6.07) is -0.967. The van der Waals surface area contributed by atoms with E-state index in [0.717, 1.165) is 44.9 Å². The number of ether oxygens (including phenoxy) is 6. The number of amides is 1. The predicted molar refractivity (Wildman–Crippen MR) is 310 cm³/mol. The highest BCUT2D eigenvalue weighted by atomic mass is 16.8. The third-order valence-corrected chi connectivity index (χ3v) is 16.6. The van der Waals surface area contributed by atoms with Gasteiger partial charge in [-0.25, -0.2) is 0 Å². The summed E-state index contributed by atoms with van der Waals surface area (Å²) in [6.07, 6.45) is 20.5. The maximum absolute atomic E-state index is 13.3. The molecule has 0 aromatic heterocycles. The van der Waals surface area contributed by atoms with Gasteiger partial charge in [-0.2, -0.15) is 0 Å². The van der Waals surface area contributed by atoms with Gasteiger partial charge in [-0.05, 0) is 19.3 Å². The predicted octanol–water partition coefficient (Wildman–Crippen LogP) is 6.94. The Morgan fingerprint density at radius 3 is 1.16 bits per heavy atom. The maximum Gasteiger partial charge on any atom is 0.220 e. The number of hydrogen-bond donors (Lipinski definition) is 12. The standard InChI is InChI=1S/C62H117NO18/c1-3-5-7-9-11-13-15-17-19-20-21-22-23-24-25-26-27-29-31-33-35-37-39-46(67)45(63-50(68)40-38-36-34-32-30-28-18-16-14-12-10-8-6-4-2)44-76-60-56(74)53(71)58(48(42-65)78-60)81-62-57(75)54(72)59(49(43-66)79-62)80-61-55(73)52(70)51(69)47(41-64)77-61/h37,39,45-49,51-62,64-67,69-75H,3-36,38,40-44H2,1-2H3,(H,63,68)/b39-37+. The Labute approximate surface area is 486 Å². The Kier molecular flexibility index (Phi) is 41.7. The van der Waals surface area contributed by atoms with Gasteiger partial charge >= 0.3 is 0 Å². The molecule has 1 amide bonds. The van der Waals surface area contributed by atoms with Gasteiger partial charge in [0.2, 0.25) is 5.91 Å². The summed E-state index contributed by atoms with van der Waals surface area (Å²) in [5.41, 5.74) is 0. The summed E-state index contributed by atoms with van der Waals surface area (Å²) < 4.78 is 34.3. The minimum absolute atomic E-state index is 0.249. The first kappa shape index (κ1) is 73.8. The molecule has 0 saturated carbocycles. The molecule has 0 aliphatic carbocycles. The van der Waals surface area contributed by atoms with Crippen LogP contribution in [0.1, 0.15) is 245 Å². The minimum atomic E-state index is -1.97. The molecule has 0 aromatic rings. The van der Waals surface area contributed by atoms with Crippen LogP contribution >= 0.6 is 0 Å². The Morgan fingerprint density at radius 1 is 0.432 bits per heavy atom. The highest BCUT2D eigenvalue weighted by Crippen LogP contribution is 2.33. The minimum Gasteiger partial charge on any atom is -0.394 e. The van der Waals surface area contributed by atoms with E-state index in [1.165, 1.54) is 173 Å². The van der Waals surface area contributed by atoms with E-state index in [-0.39, 0.29) is 18.9 Å². The van der Waals surface area contributed by atoms with Crippen molar-refractivity contribution in [2.24, 2.45) is 0 Å². The van der Waals surface area contributed by atoms with Crippen molar-refractivity contribution in [2.45, 2.75) is 349 Å². The van der Waals surface area contributed by atoms with Crippen LogP contribution < -0.4 is 5.32 Å². The molecule has 19 nitrogen and oxygen atoms in total. The maximum atomic E-state index is 13.3. The average molecular weight is 1160 g/mol. The fourth-order valence-electron chi connectivity index (χ4n) is 11.3. The van der Waals surface area contributed by atoms with Crippen LogP contribution in [0, 0.1) is 0 Å². The number of carbonyl (C=O) groups is 1. The van der Waals surface area contributed by atoms with Gasteiger partial charge in [0.25, 0.3) is 0 Å². The second-order valence-electron chi connectivity index (χ2n) is 23.6. The normalized spacial score (nSPS) is 29.8. The third kappa shape index (κ3) is 29.2. The summed E-state index contributed by atoms with van der Waals surface area (Å²) in [4.78, 5) is 13.3. The first-order valence-corrected chi connectivity index (χ1v) is 32.4. The van der Waals surface area contributed by atoms with Crippen molar-refractivity contribution in [1.82, 2.24) is 5.32 Å². The number of aliphatic hydroxyl groups excluding tert-OH is 11. The van der Waals surface area contributed by atoms with Gasteiger partial charge in [0.05, 0.1) is 38.6 Å². The van der Waals surface area contributed by atoms with E-state index in [1.807, 2.05) is 6.08 Å². The first-order valence-electron chi connectivity index (χ1n) is 32.4. The number of nitrogens with one attached hydrogen (secondary N) is 1. The molecule has 17 atom stereocenters. The smallest absolute Gasteiger partial charge is 0.220 e. The van der Waals surface area contributed by atoms with Crippen molar-refractivity contribution >= 4 is 5.91 Å². The van der Waals surface area contributed by atoms with Crippen LogP contribution in [0.5, 0.6) is 0 Å². The third-order valence-electron chi connectivity index (χ3n) is 16.6. The van der Waals surface area contributed by atoms with Crippen LogP contribution in [0.3, 0.4) is 0 Å². The van der Waals surface area contributed by atoms with Crippen LogP contribution in [0.15, 0.2) is 12.2 Å². The first-order chi connectivity index (χ1) is 39.3. The summed E-state index contributed by atoms with van der Waals surface area (Å²) >= 11 is 0. The molecular weight excluding hydrogens is 1050 g/mol. The Hall–Kier alpha value is -1.47. The number of aliphatic hydroxyl groups is 11. The van der Waals surface area contributed by atoms with E-state index in [0.29, 0.717) is 6.42 Å². The van der Waals surface area contributed by atoms with Crippen LogP contribution in [0.25, 0.3) is 0 Å². The van der Waals surface area contributed by atoms with Gasteiger partial charge in [-0.3, -0.25) is 4.79 Å². The SMILES string of the molecule is CCCCCCCCCCCCCCCCCCCCCC/C=C/C(O)C(COC1OC(CO)C(OC2OC(CO)C(OC3OC(CO)C(O)C(O)C3O)C(O)C2O)C(O)C1O)NC(=O)CCCCCCCCCCCCCCCC. The van der Waals surface area contributed by atoms with E-state index < -0.39 is 124 Å². The molecule has 3 aliphatic heterocycles. The van der Waals surface area contributed by atoms with Crippen LogP contribution in [-0.4, -0.2) is 193 Å². The fraction of sp³-hybridized carbons (Fsp3) is 0.952. The van der Waals surface area contributed by atoms with Gasteiger partial charge < -0.3 is 89.9 Å². The molecule has 3 rings (SSSR count).